The summed E-state index contributed by atoms with van der Waals surface area (Å²) < 4.78 is 7.69. The third kappa shape index (κ3) is 2.77. The highest BCUT2D eigenvalue weighted by atomic mass is 32.1. The predicted octanol–water partition coefficient (Wildman–Crippen LogP) is 1.72. The van der Waals surface area contributed by atoms with Crippen LogP contribution in [0.25, 0.3) is 4.96 Å². The van der Waals surface area contributed by atoms with Crippen molar-refractivity contribution in [2.24, 2.45) is 0 Å². The molecule has 7 heteroatoms. The van der Waals surface area contributed by atoms with Gasteiger partial charge in [0.2, 0.25) is 0 Å². The van der Waals surface area contributed by atoms with Crippen LogP contribution in [0.1, 0.15) is 30.3 Å². The Morgan fingerprint density at radius 2 is 2.35 bits per heavy atom. The van der Waals surface area contributed by atoms with Gasteiger partial charge in [0.05, 0.1) is 19.3 Å². The van der Waals surface area contributed by atoms with Gasteiger partial charge in [0.25, 0.3) is 5.91 Å². The summed E-state index contributed by atoms with van der Waals surface area (Å²) in [6.45, 7) is 6.23. The zero-order chi connectivity index (χ0) is 15.8. The molecule has 1 amide bonds. The fourth-order valence-corrected chi connectivity index (χ4v) is 4.39. The van der Waals surface area contributed by atoms with E-state index in [4.69, 9.17) is 4.74 Å². The number of nitrogens with zero attached hydrogens (tertiary/aromatic N) is 4. The van der Waals surface area contributed by atoms with Gasteiger partial charge in [-0.15, -0.1) is 11.3 Å². The van der Waals surface area contributed by atoms with Gasteiger partial charge in [0.15, 0.2) is 4.96 Å². The molecule has 0 bridgehead atoms. The number of thiazole rings is 1. The number of rotatable bonds is 3. The number of carbonyl (C=O) groups excluding carboxylic acids is 1. The second-order valence-electron chi connectivity index (χ2n) is 6.34. The van der Waals surface area contributed by atoms with Crippen LogP contribution in [0.4, 0.5) is 0 Å². The standard InChI is InChI=1S/C16H22N4O2S/c1-2-3-12-10-22-11-13-8-18(4-5-20(12)13)15(21)14-9-19-6-7-23-16(19)17-14/h6-7,9,12-13H,2-5,8,10-11H2,1H3/t12-,13+/m0/s1. The molecular weight excluding hydrogens is 312 g/mol. The third-order valence-electron chi connectivity index (χ3n) is 4.84. The number of fused-ring (bicyclic) bond motifs is 2. The van der Waals surface area contributed by atoms with Crippen LogP contribution in [0.3, 0.4) is 0 Å². The number of ether oxygens (including phenoxy) is 1. The summed E-state index contributed by atoms with van der Waals surface area (Å²) in [7, 11) is 0. The van der Waals surface area contributed by atoms with E-state index >= 15 is 0 Å². The minimum atomic E-state index is 0.0400. The Hall–Kier alpha value is -1.44. The first-order valence-electron chi connectivity index (χ1n) is 8.31. The van der Waals surface area contributed by atoms with Gasteiger partial charge in [0.1, 0.15) is 5.69 Å². The summed E-state index contributed by atoms with van der Waals surface area (Å²) in [5.41, 5.74) is 0.548. The summed E-state index contributed by atoms with van der Waals surface area (Å²) >= 11 is 1.55. The minimum Gasteiger partial charge on any atom is -0.378 e. The van der Waals surface area contributed by atoms with Gasteiger partial charge in [-0.3, -0.25) is 14.1 Å². The molecule has 2 aliphatic rings. The van der Waals surface area contributed by atoms with E-state index in [0.717, 1.165) is 37.8 Å². The van der Waals surface area contributed by atoms with Gasteiger partial charge in [-0.2, -0.15) is 0 Å². The van der Waals surface area contributed by atoms with E-state index in [-0.39, 0.29) is 5.91 Å². The molecule has 4 rings (SSSR count). The molecule has 2 aromatic rings. The van der Waals surface area contributed by atoms with Crippen LogP contribution in [0.5, 0.6) is 0 Å². The molecule has 0 saturated carbocycles. The average Bonchev–Trinajstić information content (AvgIpc) is 3.16. The van der Waals surface area contributed by atoms with Crippen LogP contribution in [0.2, 0.25) is 0 Å². The van der Waals surface area contributed by atoms with Crippen LogP contribution in [0.15, 0.2) is 17.8 Å². The van der Waals surface area contributed by atoms with Crippen molar-refractivity contribution in [1.82, 2.24) is 19.2 Å². The van der Waals surface area contributed by atoms with Crippen LogP contribution < -0.4 is 0 Å². The highest BCUT2D eigenvalue weighted by molar-refractivity contribution is 7.15. The van der Waals surface area contributed by atoms with E-state index in [1.54, 1.807) is 11.3 Å². The zero-order valence-corrected chi connectivity index (χ0v) is 14.2. The summed E-state index contributed by atoms with van der Waals surface area (Å²) in [5, 5.41) is 1.97. The molecule has 2 aromatic heterocycles. The first-order valence-corrected chi connectivity index (χ1v) is 9.19. The van der Waals surface area contributed by atoms with Crippen molar-refractivity contribution >= 4 is 22.2 Å². The Bertz CT molecular complexity index is 667. The molecule has 0 aliphatic carbocycles. The molecule has 0 N–H and O–H groups in total. The van der Waals surface area contributed by atoms with Crippen LogP contribution in [0, 0.1) is 0 Å². The number of aromatic nitrogens is 2. The zero-order valence-electron chi connectivity index (χ0n) is 13.4. The van der Waals surface area contributed by atoms with E-state index < -0.39 is 0 Å². The lowest BCUT2D eigenvalue weighted by atomic mass is 10.0. The number of morpholine rings is 1. The van der Waals surface area contributed by atoms with Gasteiger partial charge in [-0.1, -0.05) is 13.3 Å². The molecule has 2 fully saturated rings. The van der Waals surface area contributed by atoms with Crippen molar-refractivity contribution in [2.75, 3.05) is 32.8 Å². The predicted molar refractivity (Wildman–Crippen MR) is 89.0 cm³/mol. The molecular formula is C16H22N4O2S. The quantitative estimate of drug-likeness (QED) is 0.858. The molecule has 6 nitrogen and oxygen atoms in total. The molecule has 2 aliphatic heterocycles. The molecule has 0 aromatic carbocycles. The summed E-state index contributed by atoms with van der Waals surface area (Å²) in [6, 6.07) is 0.829. The normalized spacial score (nSPS) is 25.7. The van der Waals surface area contributed by atoms with Gasteiger partial charge in [-0.25, -0.2) is 4.98 Å². The van der Waals surface area contributed by atoms with Crippen molar-refractivity contribution in [3.63, 3.8) is 0 Å². The number of amides is 1. The molecule has 0 radical (unpaired) electrons. The van der Waals surface area contributed by atoms with Crippen molar-refractivity contribution in [3.8, 4) is 0 Å². The molecule has 124 valence electrons. The maximum Gasteiger partial charge on any atom is 0.274 e. The van der Waals surface area contributed by atoms with Gasteiger partial charge in [0, 0.05) is 43.4 Å². The first-order chi connectivity index (χ1) is 11.3. The SMILES string of the molecule is CCC[C@H]1COC[C@H]2CN(C(=O)c3cn4ccsc4n3)CCN12. The monoisotopic (exact) mass is 334 g/mol. The van der Waals surface area contributed by atoms with E-state index in [2.05, 4.69) is 16.8 Å². The maximum absolute atomic E-state index is 12.7. The lowest BCUT2D eigenvalue weighted by molar-refractivity contribution is -0.0776. The van der Waals surface area contributed by atoms with Crippen molar-refractivity contribution in [3.05, 3.63) is 23.5 Å². The highest BCUT2D eigenvalue weighted by Gasteiger charge is 2.37. The molecule has 0 unspecified atom stereocenters. The molecule has 2 atom stereocenters. The van der Waals surface area contributed by atoms with E-state index in [1.165, 1.54) is 12.8 Å². The Labute approximate surface area is 139 Å². The smallest absolute Gasteiger partial charge is 0.274 e. The number of hydrogen-bond acceptors (Lipinski definition) is 5. The number of hydrogen-bond donors (Lipinski definition) is 0. The van der Waals surface area contributed by atoms with Gasteiger partial charge >= 0.3 is 0 Å². The minimum absolute atomic E-state index is 0.0400. The fourth-order valence-electron chi connectivity index (χ4n) is 3.69. The van der Waals surface area contributed by atoms with Crippen LogP contribution in [-0.2, 0) is 4.74 Å². The van der Waals surface area contributed by atoms with Crippen molar-refractivity contribution < 1.29 is 9.53 Å². The fraction of sp³-hybridized carbons (Fsp3) is 0.625. The topological polar surface area (TPSA) is 50.1 Å². The Kier molecular flexibility index (Phi) is 4.09. The lowest BCUT2D eigenvalue weighted by Crippen LogP contribution is -2.62. The van der Waals surface area contributed by atoms with E-state index in [9.17, 15) is 4.79 Å². The number of piperazine rings is 1. The Morgan fingerprint density at radius 1 is 1.43 bits per heavy atom. The van der Waals surface area contributed by atoms with Crippen LogP contribution in [-0.4, -0.2) is 70.0 Å². The summed E-state index contributed by atoms with van der Waals surface area (Å²) in [5.74, 6) is 0.0400. The Balaban J connectivity index is 1.47. The maximum atomic E-state index is 12.7. The van der Waals surface area contributed by atoms with Gasteiger partial charge in [-0.05, 0) is 6.42 Å². The van der Waals surface area contributed by atoms with Crippen LogP contribution >= 0.6 is 11.3 Å². The molecule has 2 saturated heterocycles. The van der Waals surface area contributed by atoms with E-state index in [0.29, 0.717) is 17.8 Å². The first kappa shape index (κ1) is 15.1. The lowest BCUT2D eigenvalue weighted by Gasteiger charge is -2.47. The number of imidazole rings is 1. The van der Waals surface area contributed by atoms with E-state index in [1.807, 2.05) is 27.1 Å². The largest absolute Gasteiger partial charge is 0.378 e. The molecule has 0 spiro atoms. The second kappa shape index (κ2) is 6.22. The summed E-state index contributed by atoms with van der Waals surface area (Å²) in [6.07, 6.45) is 6.11. The third-order valence-corrected chi connectivity index (χ3v) is 5.61. The average molecular weight is 334 g/mol. The van der Waals surface area contributed by atoms with Crippen molar-refractivity contribution in [2.45, 2.75) is 31.8 Å². The molecule has 23 heavy (non-hydrogen) atoms. The molecule has 4 heterocycles. The van der Waals surface area contributed by atoms with Crippen molar-refractivity contribution in [1.29, 1.82) is 0 Å². The number of carbonyl (C=O) groups is 1. The Morgan fingerprint density at radius 3 is 3.17 bits per heavy atom. The highest BCUT2D eigenvalue weighted by Crippen LogP contribution is 2.22. The van der Waals surface area contributed by atoms with Gasteiger partial charge < -0.3 is 9.64 Å². The summed E-state index contributed by atoms with van der Waals surface area (Å²) in [4.78, 5) is 22.5. The second-order valence-corrected chi connectivity index (χ2v) is 7.21.